The molecule has 1 nitrogen and oxygen atoms in total. The van der Waals surface area contributed by atoms with Crippen LogP contribution in [0.3, 0.4) is 0 Å². The maximum atomic E-state index is 2.51. The van der Waals surface area contributed by atoms with Crippen molar-refractivity contribution < 1.29 is 0 Å². The third-order valence-corrected chi connectivity index (χ3v) is 2.89. The lowest BCUT2D eigenvalue weighted by Gasteiger charge is -2.08. The first-order chi connectivity index (χ1) is 3.43. The average molecular weight is 117 g/mol. The van der Waals surface area contributed by atoms with E-state index in [0.717, 1.165) is 8.73 Å². The number of rotatable bonds is 1. The fourth-order valence-corrected chi connectivity index (χ4v) is 2.03. The van der Waals surface area contributed by atoms with Gasteiger partial charge in [-0.15, -0.1) is 0 Å². The first kappa shape index (κ1) is 5.53. The third kappa shape index (κ3) is 1.40. The molecule has 1 saturated heterocycles. The Hall–Kier alpha value is 0.390. The van der Waals surface area contributed by atoms with Gasteiger partial charge >= 0.3 is 0 Å². The summed E-state index contributed by atoms with van der Waals surface area (Å²) in [5, 5.41) is 0. The molecule has 1 unspecified atom stereocenters. The van der Waals surface area contributed by atoms with Crippen LogP contribution in [-0.4, -0.2) is 23.9 Å². The molecule has 0 spiro atoms. The van der Waals surface area contributed by atoms with E-state index < -0.39 is 0 Å². The fourth-order valence-electron chi connectivity index (χ4n) is 0.856. The van der Waals surface area contributed by atoms with Crippen LogP contribution < -0.4 is 0 Å². The smallest absolute Gasteiger partial charge is 0.00222 e. The van der Waals surface area contributed by atoms with Crippen LogP contribution >= 0.6 is 8.73 Å². The van der Waals surface area contributed by atoms with Gasteiger partial charge in [-0.05, 0) is 19.1 Å². The second kappa shape index (κ2) is 2.64. The van der Waals surface area contributed by atoms with E-state index in [1.165, 1.54) is 25.7 Å². The van der Waals surface area contributed by atoms with Crippen molar-refractivity contribution >= 4 is 8.73 Å². The molecule has 1 aliphatic heterocycles. The van der Waals surface area contributed by atoms with Crippen molar-refractivity contribution in [2.24, 2.45) is 0 Å². The highest BCUT2D eigenvalue weighted by Crippen LogP contribution is 2.25. The number of nitrogens with zero attached hydrogens (tertiary/aromatic N) is 1. The first-order valence-corrected chi connectivity index (χ1v) is 4.07. The zero-order valence-corrected chi connectivity index (χ0v) is 5.78. The molecule has 0 saturated carbocycles. The Bertz CT molecular complexity index is 50.0. The summed E-state index contributed by atoms with van der Waals surface area (Å²) in [5.41, 5.74) is 0. The van der Waals surface area contributed by atoms with Gasteiger partial charge in [-0.1, -0.05) is 15.7 Å². The van der Waals surface area contributed by atoms with E-state index in [1.807, 2.05) is 0 Å². The Labute approximate surface area is 46.9 Å². The van der Waals surface area contributed by atoms with Gasteiger partial charge in [0.05, 0.1) is 0 Å². The summed E-state index contributed by atoms with van der Waals surface area (Å²) in [6.07, 6.45) is 2.89. The zero-order valence-electron chi connectivity index (χ0n) is 4.78. The highest BCUT2D eigenvalue weighted by molar-refractivity contribution is 7.35. The molecule has 1 atom stereocenters. The number of hydrogen-bond acceptors (Lipinski definition) is 1. The molecular weight excluding hydrogens is 105 g/mol. The predicted molar refractivity (Wildman–Crippen MR) is 35.0 cm³/mol. The van der Waals surface area contributed by atoms with Gasteiger partial charge < -0.3 is 0 Å². The molecule has 42 valence electrons. The monoisotopic (exact) mass is 117 g/mol. The first-order valence-electron chi connectivity index (χ1n) is 2.92. The molecule has 1 fully saturated rings. The molecule has 1 aliphatic rings. The normalized spacial score (nSPS) is 27.0. The van der Waals surface area contributed by atoms with Gasteiger partial charge in [0.1, 0.15) is 0 Å². The van der Waals surface area contributed by atoms with Gasteiger partial charge in [0.15, 0.2) is 0 Å². The molecule has 1 heterocycles. The predicted octanol–water partition coefficient (Wildman–Crippen LogP) is 1.31. The van der Waals surface area contributed by atoms with E-state index in [4.69, 9.17) is 0 Å². The summed E-state index contributed by atoms with van der Waals surface area (Å²) >= 11 is 0. The second-order valence-electron chi connectivity index (χ2n) is 1.84. The van der Waals surface area contributed by atoms with Crippen molar-refractivity contribution in [2.75, 3.05) is 19.3 Å². The fraction of sp³-hybridized carbons (Fsp3) is 1.00. The minimum atomic E-state index is 1.13. The molecule has 0 bridgehead atoms. The molecule has 0 amide bonds. The maximum absolute atomic E-state index is 2.51. The molecule has 0 N–H and O–H groups in total. The lowest BCUT2D eigenvalue weighted by atomic mass is 10.5. The Kier molecular flexibility index (Phi) is 2.08. The number of hydrogen-bond donors (Lipinski definition) is 0. The Morgan fingerprint density at radius 2 is 2.57 bits per heavy atom. The van der Waals surface area contributed by atoms with Crippen molar-refractivity contribution in [2.45, 2.75) is 13.3 Å². The molecule has 7 heavy (non-hydrogen) atoms. The van der Waals surface area contributed by atoms with Crippen LogP contribution in [0.25, 0.3) is 0 Å². The van der Waals surface area contributed by atoms with Crippen LogP contribution in [-0.2, 0) is 0 Å². The molecule has 1 rings (SSSR count). The summed E-state index contributed by atoms with van der Waals surface area (Å²) in [4.78, 5) is 0. The molecule has 0 aromatic rings. The van der Waals surface area contributed by atoms with Gasteiger partial charge in [-0.2, -0.15) is 0 Å². The SMILES string of the molecule is CCN1CCCP1. The van der Waals surface area contributed by atoms with Gasteiger partial charge in [-0.25, -0.2) is 0 Å². The van der Waals surface area contributed by atoms with Crippen molar-refractivity contribution in [3.8, 4) is 0 Å². The van der Waals surface area contributed by atoms with Crippen LogP contribution in [0.2, 0.25) is 0 Å². The largest absolute Gasteiger partial charge is 0.285 e. The Morgan fingerprint density at radius 1 is 1.71 bits per heavy atom. The van der Waals surface area contributed by atoms with E-state index in [-0.39, 0.29) is 0 Å². The lowest BCUT2D eigenvalue weighted by molar-refractivity contribution is 0.517. The van der Waals surface area contributed by atoms with Crippen LogP contribution in [0.5, 0.6) is 0 Å². The standard InChI is InChI=1S/C5H12NP/c1-2-6-4-3-5-7-6/h7H,2-5H2,1H3. The Balaban J connectivity index is 2.14. The van der Waals surface area contributed by atoms with Crippen LogP contribution in [0.1, 0.15) is 13.3 Å². The van der Waals surface area contributed by atoms with Crippen molar-refractivity contribution in [3.05, 3.63) is 0 Å². The summed E-state index contributed by atoms with van der Waals surface area (Å²) in [5.74, 6) is 0. The highest BCUT2D eigenvalue weighted by atomic mass is 31.1. The molecular formula is C5H12NP. The highest BCUT2D eigenvalue weighted by Gasteiger charge is 2.06. The van der Waals surface area contributed by atoms with Crippen molar-refractivity contribution in [1.29, 1.82) is 0 Å². The van der Waals surface area contributed by atoms with Crippen molar-refractivity contribution in [1.82, 2.24) is 4.67 Å². The quantitative estimate of drug-likeness (QED) is 0.468. The third-order valence-electron chi connectivity index (χ3n) is 1.32. The van der Waals surface area contributed by atoms with Crippen molar-refractivity contribution in [3.63, 3.8) is 0 Å². The molecule has 2 heteroatoms. The van der Waals surface area contributed by atoms with Crippen LogP contribution in [0.4, 0.5) is 0 Å². The van der Waals surface area contributed by atoms with E-state index >= 15 is 0 Å². The lowest BCUT2D eigenvalue weighted by Crippen LogP contribution is -2.07. The summed E-state index contributed by atoms with van der Waals surface area (Å²) in [6.45, 7) is 4.85. The second-order valence-corrected chi connectivity index (χ2v) is 3.29. The zero-order chi connectivity index (χ0) is 5.11. The minimum Gasteiger partial charge on any atom is -0.285 e. The van der Waals surface area contributed by atoms with E-state index in [9.17, 15) is 0 Å². The molecule has 0 aromatic heterocycles. The summed E-state index contributed by atoms with van der Waals surface area (Å²) in [7, 11) is 1.13. The van der Waals surface area contributed by atoms with E-state index in [0.29, 0.717) is 0 Å². The molecule has 0 aromatic carbocycles. The van der Waals surface area contributed by atoms with Gasteiger partial charge in [0.2, 0.25) is 0 Å². The average Bonchev–Trinajstić information content (AvgIpc) is 2.14. The molecule has 0 radical (unpaired) electrons. The maximum Gasteiger partial charge on any atom is 0.00222 e. The van der Waals surface area contributed by atoms with E-state index in [2.05, 4.69) is 11.6 Å². The van der Waals surface area contributed by atoms with E-state index in [1.54, 1.807) is 0 Å². The van der Waals surface area contributed by atoms with Crippen LogP contribution in [0.15, 0.2) is 0 Å². The minimum absolute atomic E-state index is 1.13. The van der Waals surface area contributed by atoms with Gasteiger partial charge in [0.25, 0.3) is 0 Å². The topological polar surface area (TPSA) is 3.24 Å². The van der Waals surface area contributed by atoms with Crippen LogP contribution in [0, 0.1) is 0 Å². The summed E-state index contributed by atoms with van der Waals surface area (Å²) < 4.78 is 2.51. The van der Waals surface area contributed by atoms with Gasteiger partial charge in [-0.3, -0.25) is 4.67 Å². The summed E-state index contributed by atoms with van der Waals surface area (Å²) in [6, 6.07) is 0. The Morgan fingerprint density at radius 3 is 2.86 bits per heavy atom. The van der Waals surface area contributed by atoms with Gasteiger partial charge in [0, 0.05) is 6.54 Å². The molecule has 0 aliphatic carbocycles.